The lowest BCUT2D eigenvalue weighted by molar-refractivity contribution is -0.139. The van der Waals surface area contributed by atoms with Crippen molar-refractivity contribution in [3.8, 4) is 0 Å². The van der Waals surface area contributed by atoms with Crippen LogP contribution in [0.25, 0.3) is 0 Å². The van der Waals surface area contributed by atoms with Crippen molar-refractivity contribution >= 4 is 29.7 Å². The second-order valence-electron chi connectivity index (χ2n) is 4.71. The molecule has 1 saturated heterocycles. The number of likely N-dealkylation sites (tertiary alicyclic amines) is 1. The maximum atomic E-state index is 12.0. The van der Waals surface area contributed by atoms with Crippen LogP contribution in [0.15, 0.2) is 0 Å². The molecule has 0 aromatic heterocycles. The molecular formula is C14H24N2O5S. The van der Waals surface area contributed by atoms with Gasteiger partial charge >= 0.3 is 6.09 Å². The highest BCUT2D eigenvalue weighted by Crippen LogP contribution is 2.24. The first-order chi connectivity index (χ1) is 10.6. The smallest absolute Gasteiger partial charge is 0.407 e. The fourth-order valence-corrected chi connectivity index (χ4v) is 2.88. The molecule has 0 aliphatic carbocycles. The molecule has 0 bridgehead atoms. The summed E-state index contributed by atoms with van der Waals surface area (Å²) in [5.74, 6) is 0.552. The fraction of sp³-hybridized carbons (Fsp3) is 0.786. The van der Waals surface area contributed by atoms with Gasteiger partial charge in [0, 0.05) is 13.0 Å². The number of imide groups is 1. The minimum atomic E-state index is -0.463. The van der Waals surface area contributed by atoms with E-state index in [-0.39, 0.29) is 36.6 Å². The SMILES string of the molecule is CCCOC(=O)NCCOCCN1C(=O)CC(SCC)C1=O. The molecule has 1 rings (SSSR count). The van der Waals surface area contributed by atoms with Crippen molar-refractivity contribution in [3.63, 3.8) is 0 Å². The number of carbonyl (C=O) groups excluding carboxylic acids is 3. The Morgan fingerprint density at radius 3 is 2.77 bits per heavy atom. The second-order valence-corrected chi connectivity index (χ2v) is 6.19. The predicted octanol–water partition coefficient (Wildman–Crippen LogP) is 1.02. The number of rotatable bonds is 10. The molecule has 1 fully saturated rings. The zero-order valence-corrected chi connectivity index (χ0v) is 13.9. The monoisotopic (exact) mass is 332 g/mol. The van der Waals surface area contributed by atoms with Gasteiger partial charge in [-0.25, -0.2) is 4.79 Å². The molecule has 8 heteroatoms. The first kappa shape index (κ1) is 18.8. The summed E-state index contributed by atoms with van der Waals surface area (Å²) >= 11 is 1.50. The third kappa shape index (κ3) is 6.23. The van der Waals surface area contributed by atoms with Gasteiger partial charge in [0.25, 0.3) is 0 Å². The van der Waals surface area contributed by atoms with Crippen molar-refractivity contribution < 1.29 is 23.9 Å². The van der Waals surface area contributed by atoms with Gasteiger partial charge in [-0.05, 0) is 12.2 Å². The number of ether oxygens (including phenoxy) is 2. The van der Waals surface area contributed by atoms with Crippen LogP contribution in [0.2, 0.25) is 0 Å². The van der Waals surface area contributed by atoms with Gasteiger partial charge < -0.3 is 14.8 Å². The van der Waals surface area contributed by atoms with E-state index in [4.69, 9.17) is 9.47 Å². The number of nitrogens with zero attached hydrogens (tertiary/aromatic N) is 1. The van der Waals surface area contributed by atoms with E-state index in [0.717, 1.165) is 12.2 Å². The molecule has 0 saturated carbocycles. The van der Waals surface area contributed by atoms with Crippen LogP contribution in [0.1, 0.15) is 26.7 Å². The minimum absolute atomic E-state index is 0.123. The van der Waals surface area contributed by atoms with Crippen molar-refractivity contribution in [1.82, 2.24) is 10.2 Å². The Balaban J connectivity index is 2.11. The molecule has 0 radical (unpaired) electrons. The van der Waals surface area contributed by atoms with Crippen LogP contribution in [0.5, 0.6) is 0 Å². The van der Waals surface area contributed by atoms with Crippen LogP contribution in [-0.2, 0) is 19.1 Å². The molecule has 1 aliphatic heterocycles. The third-order valence-corrected chi connectivity index (χ3v) is 4.09. The summed E-state index contributed by atoms with van der Waals surface area (Å²) in [6.07, 6.45) is 0.594. The molecule has 0 spiro atoms. The van der Waals surface area contributed by atoms with Crippen LogP contribution in [0, 0.1) is 0 Å². The Bertz CT molecular complexity index is 391. The Morgan fingerprint density at radius 2 is 2.09 bits per heavy atom. The van der Waals surface area contributed by atoms with Gasteiger partial charge in [0.05, 0.1) is 31.6 Å². The van der Waals surface area contributed by atoms with Gasteiger partial charge in [0.2, 0.25) is 11.8 Å². The summed E-state index contributed by atoms with van der Waals surface area (Å²) in [5, 5.41) is 2.31. The Labute approximate surface area is 135 Å². The molecule has 0 aromatic carbocycles. The van der Waals surface area contributed by atoms with Crippen molar-refractivity contribution in [2.45, 2.75) is 31.9 Å². The van der Waals surface area contributed by atoms with Gasteiger partial charge in [0.1, 0.15) is 0 Å². The zero-order chi connectivity index (χ0) is 16.4. The van der Waals surface area contributed by atoms with E-state index < -0.39 is 6.09 Å². The third-order valence-electron chi connectivity index (χ3n) is 2.98. The second kappa shape index (κ2) is 10.4. The Morgan fingerprint density at radius 1 is 1.32 bits per heavy atom. The average Bonchev–Trinajstić information content (AvgIpc) is 2.76. The van der Waals surface area contributed by atoms with E-state index in [1.54, 1.807) is 0 Å². The van der Waals surface area contributed by atoms with Crippen molar-refractivity contribution in [2.24, 2.45) is 0 Å². The van der Waals surface area contributed by atoms with E-state index in [1.165, 1.54) is 16.7 Å². The molecule has 1 atom stereocenters. The highest BCUT2D eigenvalue weighted by Gasteiger charge is 2.37. The van der Waals surface area contributed by atoms with Gasteiger partial charge in [-0.1, -0.05) is 13.8 Å². The lowest BCUT2D eigenvalue weighted by Gasteiger charge is -2.14. The molecule has 126 valence electrons. The van der Waals surface area contributed by atoms with Crippen LogP contribution in [0.4, 0.5) is 4.79 Å². The molecule has 1 aliphatic rings. The quantitative estimate of drug-likeness (QED) is 0.475. The topological polar surface area (TPSA) is 84.9 Å². The molecule has 0 aromatic rings. The number of alkyl carbamates (subject to hydrolysis) is 1. The maximum absolute atomic E-state index is 12.0. The lowest BCUT2D eigenvalue weighted by atomic mass is 10.4. The molecule has 22 heavy (non-hydrogen) atoms. The van der Waals surface area contributed by atoms with E-state index >= 15 is 0 Å². The minimum Gasteiger partial charge on any atom is -0.450 e. The number of hydrogen-bond donors (Lipinski definition) is 1. The van der Waals surface area contributed by atoms with E-state index in [2.05, 4.69) is 5.32 Å². The average molecular weight is 332 g/mol. The number of nitrogens with one attached hydrogen (secondary N) is 1. The summed E-state index contributed by atoms with van der Waals surface area (Å²) in [6.45, 7) is 5.45. The van der Waals surface area contributed by atoms with Gasteiger partial charge in [0.15, 0.2) is 0 Å². The lowest BCUT2D eigenvalue weighted by Crippen LogP contribution is -2.35. The summed E-state index contributed by atoms with van der Waals surface area (Å²) in [6, 6.07) is 0. The first-order valence-electron chi connectivity index (χ1n) is 7.54. The van der Waals surface area contributed by atoms with E-state index in [0.29, 0.717) is 19.8 Å². The fourth-order valence-electron chi connectivity index (χ4n) is 1.95. The normalized spacial score (nSPS) is 17.9. The highest BCUT2D eigenvalue weighted by molar-refractivity contribution is 8.00. The van der Waals surface area contributed by atoms with Crippen molar-refractivity contribution in [1.29, 1.82) is 0 Å². The summed E-state index contributed by atoms with van der Waals surface area (Å²) in [7, 11) is 0. The number of amides is 3. The van der Waals surface area contributed by atoms with Gasteiger partial charge in [-0.3, -0.25) is 14.5 Å². The summed E-state index contributed by atoms with van der Waals surface area (Å²) in [5.41, 5.74) is 0. The first-order valence-corrected chi connectivity index (χ1v) is 8.59. The molecular weight excluding hydrogens is 308 g/mol. The summed E-state index contributed by atoms with van der Waals surface area (Å²) < 4.78 is 10.2. The van der Waals surface area contributed by atoms with Crippen molar-refractivity contribution in [3.05, 3.63) is 0 Å². The molecule has 7 nitrogen and oxygen atoms in total. The Hall–Kier alpha value is -1.28. The molecule has 3 amide bonds. The molecule has 1 heterocycles. The van der Waals surface area contributed by atoms with E-state index in [1.807, 2.05) is 13.8 Å². The number of hydrogen-bond acceptors (Lipinski definition) is 6. The van der Waals surface area contributed by atoms with Crippen LogP contribution < -0.4 is 5.32 Å². The largest absolute Gasteiger partial charge is 0.450 e. The zero-order valence-electron chi connectivity index (χ0n) is 13.1. The van der Waals surface area contributed by atoms with Gasteiger partial charge in [-0.15, -0.1) is 11.8 Å². The van der Waals surface area contributed by atoms with Crippen LogP contribution in [-0.4, -0.2) is 66.7 Å². The number of thioether (sulfide) groups is 1. The van der Waals surface area contributed by atoms with Crippen molar-refractivity contribution in [2.75, 3.05) is 38.7 Å². The van der Waals surface area contributed by atoms with E-state index in [9.17, 15) is 14.4 Å². The van der Waals surface area contributed by atoms with Crippen LogP contribution >= 0.6 is 11.8 Å². The van der Waals surface area contributed by atoms with Crippen LogP contribution in [0.3, 0.4) is 0 Å². The molecule has 1 unspecified atom stereocenters. The standard InChI is InChI=1S/C14H24N2O5S/c1-3-7-21-14(19)15-5-8-20-9-6-16-12(17)10-11(13(16)18)22-4-2/h11H,3-10H2,1-2H3,(H,15,19). The maximum Gasteiger partial charge on any atom is 0.407 e. The predicted molar refractivity (Wildman–Crippen MR) is 83.7 cm³/mol. The summed E-state index contributed by atoms with van der Waals surface area (Å²) in [4.78, 5) is 36.1. The highest BCUT2D eigenvalue weighted by atomic mass is 32.2. The Kier molecular flexibility index (Phi) is 8.91. The molecule has 1 N–H and O–H groups in total. The number of carbonyl (C=O) groups is 3. The van der Waals surface area contributed by atoms with Gasteiger partial charge in [-0.2, -0.15) is 0 Å².